The lowest BCUT2D eigenvalue weighted by Crippen LogP contribution is -2.38. The molecule has 3 nitrogen and oxygen atoms in total. The molecule has 1 fully saturated rings. The molecule has 2 N–H and O–H groups in total. The highest BCUT2D eigenvalue weighted by atomic mass is 79.9. The molecular weight excluding hydrogens is 277 g/mol. The molecule has 1 aliphatic heterocycles. The molecule has 15 heavy (non-hydrogen) atoms. The number of halogens is 2. The number of piperidine rings is 1. The molecule has 0 radical (unpaired) electrons. The smallest absolute Gasteiger partial charge is 0.143 e. The molecule has 1 saturated heterocycles. The summed E-state index contributed by atoms with van der Waals surface area (Å²) in [5.41, 5.74) is 1.13. The maximum atomic E-state index is 5.96. The van der Waals surface area contributed by atoms with E-state index < -0.39 is 0 Å². The number of nitrogens with two attached hydrogens (primary N) is 1. The van der Waals surface area contributed by atoms with Crippen LogP contribution in [0, 0.1) is 0 Å². The highest BCUT2D eigenvalue weighted by Gasteiger charge is 2.21. The molecule has 0 saturated carbocycles. The number of hydrogen-bond acceptors (Lipinski definition) is 3. The van der Waals surface area contributed by atoms with Crippen LogP contribution in [0.25, 0.3) is 0 Å². The van der Waals surface area contributed by atoms with Crippen LogP contribution < -0.4 is 5.84 Å². The Hall–Kier alpha value is -0.160. The standard InChI is InChI=1S/C10H13BrClN3/c11-8-5-7(6-14-10(8)12)9-3-1-2-4-15(9)13/h5-6,9H,1-4,13H2/t9-/m0/s1. The van der Waals surface area contributed by atoms with Gasteiger partial charge in [0.25, 0.3) is 0 Å². The third-order valence-corrected chi connectivity index (χ3v) is 3.88. The van der Waals surface area contributed by atoms with Gasteiger partial charge >= 0.3 is 0 Å². The average Bonchev–Trinajstić information content (AvgIpc) is 2.23. The van der Waals surface area contributed by atoms with Crippen molar-refractivity contribution in [3.63, 3.8) is 0 Å². The van der Waals surface area contributed by atoms with Crippen molar-refractivity contribution in [3.05, 3.63) is 27.5 Å². The molecule has 0 amide bonds. The van der Waals surface area contributed by atoms with E-state index in [0.717, 1.165) is 23.0 Å². The number of rotatable bonds is 1. The maximum Gasteiger partial charge on any atom is 0.143 e. The van der Waals surface area contributed by atoms with Crippen LogP contribution in [0.5, 0.6) is 0 Å². The molecule has 1 aliphatic rings. The minimum absolute atomic E-state index is 0.278. The zero-order valence-corrected chi connectivity index (χ0v) is 10.6. The fraction of sp³-hybridized carbons (Fsp3) is 0.500. The first-order chi connectivity index (χ1) is 7.18. The Kier molecular flexibility index (Phi) is 3.61. The topological polar surface area (TPSA) is 42.1 Å². The van der Waals surface area contributed by atoms with Gasteiger partial charge in [-0.15, -0.1) is 0 Å². The van der Waals surface area contributed by atoms with E-state index in [0.29, 0.717) is 5.15 Å². The molecule has 0 bridgehead atoms. The molecular formula is C10H13BrClN3. The lowest BCUT2D eigenvalue weighted by atomic mass is 9.98. The highest BCUT2D eigenvalue weighted by Crippen LogP contribution is 2.31. The van der Waals surface area contributed by atoms with Gasteiger partial charge in [0.15, 0.2) is 0 Å². The van der Waals surface area contributed by atoms with E-state index in [1.807, 2.05) is 17.3 Å². The summed E-state index contributed by atoms with van der Waals surface area (Å²) in [5, 5.41) is 2.39. The van der Waals surface area contributed by atoms with Crippen LogP contribution in [0.3, 0.4) is 0 Å². The Balaban J connectivity index is 2.24. The van der Waals surface area contributed by atoms with Gasteiger partial charge in [-0.2, -0.15) is 0 Å². The monoisotopic (exact) mass is 289 g/mol. The van der Waals surface area contributed by atoms with E-state index in [4.69, 9.17) is 17.4 Å². The summed E-state index contributed by atoms with van der Waals surface area (Å²) >= 11 is 9.23. The van der Waals surface area contributed by atoms with Gasteiger partial charge < -0.3 is 0 Å². The first-order valence-electron chi connectivity index (χ1n) is 5.01. The van der Waals surface area contributed by atoms with Gasteiger partial charge in [-0.25, -0.2) is 9.99 Å². The lowest BCUT2D eigenvalue weighted by molar-refractivity contribution is 0.151. The van der Waals surface area contributed by atoms with Crippen molar-refractivity contribution in [1.82, 2.24) is 9.99 Å². The van der Waals surface area contributed by atoms with Crippen LogP contribution in [-0.2, 0) is 0 Å². The molecule has 1 aromatic rings. The molecule has 0 spiro atoms. The molecule has 82 valence electrons. The van der Waals surface area contributed by atoms with Gasteiger partial charge in [0, 0.05) is 12.7 Å². The number of aromatic nitrogens is 1. The number of hydrazine groups is 1. The minimum Gasteiger partial charge on any atom is -0.268 e. The lowest BCUT2D eigenvalue weighted by Gasteiger charge is -2.32. The van der Waals surface area contributed by atoms with Gasteiger partial charge in [0.2, 0.25) is 0 Å². The Morgan fingerprint density at radius 3 is 3.00 bits per heavy atom. The maximum absolute atomic E-state index is 5.96. The number of hydrogen-bond donors (Lipinski definition) is 1. The molecule has 1 atom stereocenters. The second kappa shape index (κ2) is 4.78. The fourth-order valence-corrected chi connectivity index (χ4v) is 2.40. The summed E-state index contributed by atoms with van der Waals surface area (Å²) in [7, 11) is 0. The van der Waals surface area contributed by atoms with Crippen molar-refractivity contribution in [1.29, 1.82) is 0 Å². The number of pyridine rings is 1. The van der Waals surface area contributed by atoms with Crippen LogP contribution in [0.2, 0.25) is 5.15 Å². The van der Waals surface area contributed by atoms with Crippen molar-refractivity contribution in [3.8, 4) is 0 Å². The first kappa shape index (κ1) is 11.3. The largest absolute Gasteiger partial charge is 0.268 e. The minimum atomic E-state index is 0.278. The van der Waals surface area contributed by atoms with E-state index in [2.05, 4.69) is 20.9 Å². The molecule has 0 aliphatic carbocycles. The second-order valence-electron chi connectivity index (χ2n) is 3.79. The van der Waals surface area contributed by atoms with Crippen molar-refractivity contribution in [2.75, 3.05) is 6.54 Å². The van der Waals surface area contributed by atoms with E-state index >= 15 is 0 Å². The zero-order chi connectivity index (χ0) is 10.8. The summed E-state index contributed by atoms with van der Waals surface area (Å²) in [5.74, 6) is 5.96. The SMILES string of the molecule is NN1CCCC[C@H]1c1cnc(Cl)c(Br)c1. The Morgan fingerprint density at radius 1 is 1.53 bits per heavy atom. The summed E-state index contributed by atoms with van der Waals surface area (Å²) in [4.78, 5) is 4.12. The summed E-state index contributed by atoms with van der Waals surface area (Å²) < 4.78 is 0.834. The normalized spacial score (nSPS) is 23.0. The summed E-state index contributed by atoms with van der Waals surface area (Å²) in [6.45, 7) is 0.949. The van der Waals surface area contributed by atoms with Crippen molar-refractivity contribution >= 4 is 27.5 Å². The molecule has 2 heterocycles. The van der Waals surface area contributed by atoms with Gasteiger partial charge in [-0.3, -0.25) is 5.84 Å². The van der Waals surface area contributed by atoms with Crippen molar-refractivity contribution < 1.29 is 0 Å². The quantitative estimate of drug-likeness (QED) is 0.639. The van der Waals surface area contributed by atoms with Crippen molar-refractivity contribution in [2.24, 2.45) is 5.84 Å². The van der Waals surface area contributed by atoms with E-state index in [-0.39, 0.29) is 6.04 Å². The van der Waals surface area contributed by atoms with Crippen LogP contribution in [0.4, 0.5) is 0 Å². The molecule has 0 aromatic carbocycles. The molecule has 2 rings (SSSR count). The Morgan fingerprint density at radius 2 is 2.33 bits per heavy atom. The fourth-order valence-electron chi connectivity index (χ4n) is 1.93. The van der Waals surface area contributed by atoms with Gasteiger partial charge in [0.1, 0.15) is 5.15 Å². The van der Waals surface area contributed by atoms with Gasteiger partial charge in [-0.05, 0) is 40.4 Å². The predicted octanol–water partition coefficient (Wildman–Crippen LogP) is 2.90. The van der Waals surface area contributed by atoms with Crippen LogP contribution in [0.15, 0.2) is 16.7 Å². The van der Waals surface area contributed by atoms with E-state index in [9.17, 15) is 0 Å². The van der Waals surface area contributed by atoms with Crippen LogP contribution in [0.1, 0.15) is 30.9 Å². The molecule has 5 heteroatoms. The Labute approximate surface area is 103 Å². The third kappa shape index (κ3) is 2.50. The van der Waals surface area contributed by atoms with Crippen LogP contribution in [-0.4, -0.2) is 16.5 Å². The summed E-state index contributed by atoms with van der Waals surface area (Å²) in [6.07, 6.45) is 5.29. The van der Waals surface area contributed by atoms with E-state index in [1.54, 1.807) is 0 Å². The molecule has 1 aromatic heterocycles. The zero-order valence-electron chi connectivity index (χ0n) is 8.29. The van der Waals surface area contributed by atoms with E-state index in [1.165, 1.54) is 12.8 Å². The van der Waals surface area contributed by atoms with Crippen LogP contribution >= 0.6 is 27.5 Å². The first-order valence-corrected chi connectivity index (χ1v) is 6.18. The Bertz CT molecular complexity index is 359. The highest BCUT2D eigenvalue weighted by molar-refractivity contribution is 9.10. The average molecular weight is 291 g/mol. The number of nitrogens with zero attached hydrogens (tertiary/aromatic N) is 2. The van der Waals surface area contributed by atoms with Crippen molar-refractivity contribution in [2.45, 2.75) is 25.3 Å². The van der Waals surface area contributed by atoms with Gasteiger partial charge in [-0.1, -0.05) is 18.0 Å². The van der Waals surface area contributed by atoms with Gasteiger partial charge in [0.05, 0.1) is 10.5 Å². The predicted molar refractivity (Wildman–Crippen MR) is 64.4 cm³/mol. The summed E-state index contributed by atoms with van der Waals surface area (Å²) in [6, 6.07) is 2.28. The molecule has 0 unspecified atom stereocenters. The third-order valence-electron chi connectivity index (χ3n) is 2.75. The second-order valence-corrected chi connectivity index (χ2v) is 5.00.